The van der Waals surface area contributed by atoms with Crippen LogP contribution in [0.2, 0.25) is 0 Å². The zero-order chi connectivity index (χ0) is 14.4. The summed E-state index contributed by atoms with van der Waals surface area (Å²) in [6.45, 7) is 1.83. The second-order valence-corrected chi connectivity index (χ2v) is 4.05. The summed E-state index contributed by atoms with van der Waals surface area (Å²) in [4.78, 5) is 22.8. The number of ether oxygens (including phenoxy) is 1. The number of halogens is 3. The molecule has 0 saturated carbocycles. The summed E-state index contributed by atoms with van der Waals surface area (Å²) in [6, 6.07) is 3.64. The van der Waals surface area contributed by atoms with Gasteiger partial charge in [-0.3, -0.25) is 4.79 Å². The first-order chi connectivity index (χ1) is 8.99. The maximum Gasteiger partial charge on any atom is 0.338 e. The van der Waals surface area contributed by atoms with Crippen molar-refractivity contribution >= 4 is 23.4 Å². The second-order valence-electron chi connectivity index (χ2n) is 3.78. The number of carbonyl (C=O) groups excluding carboxylic acids is 2. The Kier molecular flexibility index (Phi) is 5.89. The van der Waals surface area contributed by atoms with Crippen molar-refractivity contribution in [3.8, 4) is 0 Å². The highest BCUT2D eigenvalue weighted by Gasteiger charge is 2.18. The number of rotatable bonds is 6. The molecule has 1 rings (SSSR count). The van der Waals surface area contributed by atoms with Gasteiger partial charge < -0.3 is 4.74 Å². The van der Waals surface area contributed by atoms with Crippen molar-refractivity contribution in [1.82, 2.24) is 0 Å². The summed E-state index contributed by atoms with van der Waals surface area (Å²) >= 11 is 5.36. The largest absolute Gasteiger partial charge is 0.462 e. The summed E-state index contributed by atoms with van der Waals surface area (Å²) in [5.74, 6) is -1.25. The van der Waals surface area contributed by atoms with Crippen molar-refractivity contribution in [2.75, 3.05) is 12.5 Å². The van der Waals surface area contributed by atoms with Gasteiger partial charge in [0.05, 0.1) is 18.1 Å². The Bertz CT molecular complexity index is 475. The number of esters is 1. The molecule has 19 heavy (non-hydrogen) atoms. The van der Waals surface area contributed by atoms with Crippen LogP contribution in [0.3, 0.4) is 0 Å². The number of Topliss-reactive ketones (excluding diaryl/α,β-unsaturated/α-hetero) is 1. The van der Waals surface area contributed by atoms with Crippen LogP contribution in [0.4, 0.5) is 8.78 Å². The minimum atomic E-state index is -2.71. The maximum atomic E-state index is 12.8. The SMILES string of the molecule is CCOC(=O)c1ccc(C(F)F)c(CC(=O)CCl)c1. The molecule has 0 fully saturated rings. The lowest BCUT2D eigenvalue weighted by Gasteiger charge is -2.10. The van der Waals surface area contributed by atoms with Gasteiger partial charge in [0.15, 0.2) is 5.78 Å². The number of carbonyl (C=O) groups is 2. The van der Waals surface area contributed by atoms with Gasteiger partial charge in [-0.05, 0) is 24.6 Å². The molecule has 0 aliphatic heterocycles. The molecule has 104 valence electrons. The van der Waals surface area contributed by atoms with Gasteiger partial charge in [-0.25, -0.2) is 13.6 Å². The zero-order valence-electron chi connectivity index (χ0n) is 10.3. The molecule has 0 aromatic heterocycles. The molecular weight excluding hydrogens is 278 g/mol. The molecule has 0 amide bonds. The normalized spacial score (nSPS) is 10.6. The standard InChI is InChI=1S/C13H13ClF2O3/c1-2-19-13(18)8-3-4-11(12(15)16)9(5-8)6-10(17)7-14/h3-5,12H,2,6-7H2,1H3. The highest BCUT2D eigenvalue weighted by molar-refractivity contribution is 6.27. The summed E-state index contributed by atoms with van der Waals surface area (Å²) in [7, 11) is 0. The molecule has 0 atom stereocenters. The van der Waals surface area contributed by atoms with E-state index in [0.717, 1.165) is 6.07 Å². The predicted molar refractivity (Wildman–Crippen MR) is 66.8 cm³/mol. The Balaban J connectivity index is 3.10. The van der Waals surface area contributed by atoms with Crippen LogP contribution in [0.25, 0.3) is 0 Å². The fourth-order valence-corrected chi connectivity index (χ4v) is 1.67. The van der Waals surface area contributed by atoms with Crippen LogP contribution in [-0.4, -0.2) is 24.2 Å². The smallest absolute Gasteiger partial charge is 0.338 e. The molecule has 0 bridgehead atoms. The molecule has 3 nitrogen and oxygen atoms in total. The average molecular weight is 291 g/mol. The topological polar surface area (TPSA) is 43.4 Å². The fourth-order valence-electron chi connectivity index (χ4n) is 1.57. The van der Waals surface area contributed by atoms with Crippen molar-refractivity contribution in [2.24, 2.45) is 0 Å². The molecule has 6 heteroatoms. The number of benzene rings is 1. The molecule has 0 radical (unpaired) electrons. The number of hydrogen-bond acceptors (Lipinski definition) is 3. The molecule has 0 aliphatic rings. The Morgan fingerprint density at radius 1 is 1.37 bits per heavy atom. The van der Waals surface area contributed by atoms with E-state index in [1.54, 1.807) is 6.92 Å². The van der Waals surface area contributed by atoms with Crippen LogP contribution in [0.5, 0.6) is 0 Å². The van der Waals surface area contributed by atoms with Crippen molar-refractivity contribution < 1.29 is 23.1 Å². The summed E-state index contributed by atoms with van der Waals surface area (Å²) in [6.07, 6.45) is -2.94. The zero-order valence-corrected chi connectivity index (χ0v) is 11.0. The molecule has 1 aromatic carbocycles. The monoisotopic (exact) mass is 290 g/mol. The highest BCUT2D eigenvalue weighted by Crippen LogP contribution is 2.25. The molecule has 0 N–H and O–H groups in total. The Morgan fingerprint density at radius 3 is 2.58 bits per heavy atom. The van der Waals surface area contributed by atoms with Gasteiger partial charge in [0.25, 0.3) is 6.43 Å². The van der Waals surface area contributed by atoms with E-state index in [2.05, 4.69) is 0 Å². The van der Waals surface area contributed by atoms with Crippen LogP contribution in [0.1, 0.15) is 34.8 Å². The van der Waals surface area contributed by atoms with E-state index in [-0.39, 0.29) is 41.4 Å². The van der Waals surface area contributed by atoms with E-state index >= 15 is 0 Å². The van der Waals surface area contributed by atoms with Gasteiger partial charge in [-0.2, -0.15) is 0 Å². The molecule has 1 aromatic rings. The van der Waals surface area contributed by atoms with Crippen molar-refractivity contribution in [1.29, 1.82) is 0 Å². The predicted octanol–water partition coefficient (Wildman–Crippen LogP) is 3.15. The fraction of sp³-hybridized carbons (Fsp3) is 0.385. The second kappa shape index (κ2) is 7.19. The molecule has 0 spiro atoms. The van der Waals surface area contributed by atoms with Crippen LogP contribution in [0, 0.1) is 0 Å². The molecule has 0 heterocycles. The summed E-state index contributed by atoms with van der Waals surface area (Å²) < 4.78 is 30.4. The van der Waals surface area contributed by atoms with E-state index < -0.39 is 12.4 Å². The van der Waals surface area contributed by atoms with Crippen LogP contribution >= 0.6 is 11.6 Å². The Hall–Kier alpha value is -1.49. The van der Waals surface area contributed by atoms with Crippen LogP contribution < -0.4 is 0 Å². The first-order valence-corrected chi connectivity index (χ1v) is 6.18. The molecule has 0 unspecified atom stereocenters. The van der Waals surface area contributed by atoms with Gasteiger partial charge in [0.1, 0.15) is 0 Å². The van der Waals surface area contributed by atoms with Gasteiger partial charge in [0.2, 0.25) is 0 Å². The third-order valence-corrected chi connectivity index (χ3v) is 2.72. The quantitative estimate of drug-likeness (QED) is 0.597. The van der Waals surface area contributed by atoms with Gasteiger partial charge >= 0.3 is 5.97 Å². The van der Waals surface area contributed by atoms with Gasteiger partial charge in [-0.1, -0.05) is 6.07 Å². The maximum absolute atomic E-state index is 12.8. The number of alkyl halides is 3. The molecule has 0 saturated heterocycles. The molecular formula is C13H13ClF2O3. The van der Waals surface area contributed by atoms with E-state index in [9.17, 15) is 18.4 Å². The average Bonchev–Trinajstić information content (AvgIpc) is 2.38. The molecule has 0 aliphatic carbocycles. The highest BCUT2D eigenvalue weighted by atomic mass is 35.5. The van der Waals surface area contributed by atoms with Crippen LogP contribution in [0.15, 0.2) is 18.2 Å². The first-order valence-electron chi connectivity index (χ1n) is 5.65. The first kappa shape index (κ1) is 15.6. The van der Waals surface area contributed by atoms with E-state index in [1.807, 2.05) is 0 Å². The van der Waals surface area contributed by atoms with E-state index in [4.69, 9.17) is 16.3 Å². The lowest BCUT2D eigenvalue weighted by Crippen LogP contribution is -2.10. The van der Waals surface area contributed by atoms with E-state index in [1.165, 1.54) is 12.1 Å². The Labute approximate surface area is 114 Å². The van der Waals surface area contributed by atoms with Crippen molar-refractivity contribution in [3.63, 3.8) is 0 Å². The number of hydrogen-bond donors (Lipinski definition) is 0. The minimum absolute atomic E-state index is 0.103. The van der Waals surface area contributed by atoms with E-state index in [0.29, 0.717) is 0 Å². The lowest BCUT2D eigenvalue weighted by atomic mass is 10.00. The Morgan fingerprint density at radius 2 is 2.05 bits per heavy atom. The van der Waals surface area contributed by atoms with Crippen molar-refractivity contribution in [3.05, 3.63) is 34.9 Å². The summed E-state index contributed by atoms with van der Waals surface area (Å²) in [5, 5.41) is 0. The van der Waals surface area contributed by atoms with Crippen LogP contribution in [-0.2, 0) is 16.0 Å². The number of ketones is 1. The third kappa shape index (κ3) is 4.28. The third-order valence-electron chi connectivity index (χ3n) is 2.43. The van der Waals surface area contributed by atoms with Crippen molar-refractivity contribution in [2.45, 2.75) is 19.8 Å². The lowest BCUT2D eigenvalue weighted by molar-refractivity contribution is -0.116. The van der Waals surface area contributed by atoms with Gasteiger partial charge in [-0.15, -0.1) is 11.6 Å². The summed E-state index contributed by atoms with van der Waals surface area (Å²) in [5.41, 5.74) is -0.0265. The van der Waals surface area contributed by atoms with Gasteiger partial charge in [0, 0.05) is 12.0 Å². The minimum Gasteiger partial charge on any atom is -0.462 e.